The van der Waals surface area contributed by atoms with Gasteiger partial charge >= 0.3 is 0 Å². The molecule has 0 spiro atoms. The zero-order valence-corrected chi connectivity index (χ0v) is 10.2. The van der Waals surface area contributed by atoms with Crippen molar-refractivity contribution in [2.75, 3.05) is 5.32 Å². The second kappa shape index (κ2) is 3.96. The van der Waals surface area contributed by atoms with Crippen molar-refractivity contribution in [2.45, 2.75) is 25.7 Å². The summed E-state index contributed by atoms with van der Waals surface area (Å²) in [7, 11) is 0. The smallest absolute Gasteiger partial charge is 0.260 e. The van der Waals surface area contributed by atoms with Crippen LogP contribution in [0.2, 0.25) is 0 Å². The number of hydrogen-bond donors (Lipinski definition) is 2. The first-order valence-electron chi connectivity index (χ1n) is 5.51. The van der Waals surface area contributed by atoms with Crippen LogP contribution in [-0.4, -0.2) is 21.1 Å². The van der Waals surface area contributed by atoms with Crippen LogP contribution in [0.4, 0.5) is 5.13 Å². The van der Waals surface area contributed by atoms with E-state index in [4.69, 9.17) is 0 Å². The molecule has 0 bridgehead atoms. The van der Waals surface area contributed by atoms with Gasteiger partial charge in [-0.15, -0.1) is 11.3 Å². The summed E-state index contributed by atoms with van der Waals surface area (Å²) in [6, 6.07) is 0. The first-order valence-corrected chi connectivity index (χ1v) is 6.39. The van der Waals surface area contributed by atoms with Crippen molar-refractivity contribution in [3.05, 3.63) is 28.5 Å². The Bertz CT molecular complexity index is 555. The molecule has 1 aliphatic carbocycles. The molecular weight excluding hydrogens is 236 g/mol. The van der Waals surface area contributed by atoms with E-state index in [9.17, 15) is 4.79 Å². The van der Waals surface area contributed by atoms with Gasteiger partial charge in [0.05, 0.1) is 17.5 Å². The highest BCUT2D eigenvalue weighted by Gasteiger charge is 2.26. The van der Waals surface area contributed by atoms with Gasteiger partial charge in [0.2, 0.25) is 0 Å². The van der Waals surface area contributed by atoms with Gasteiger partial charge in [-0.3, -0.25) is 15.2 Å². The number of carbonyl (C=O) groups is 1. The number of aryl methyl sites for hydroxylation is 1. The van der Waals surface area contributed by atoms with Gasteiger partial charge in [0.25, 0.3) is 5.91 Å². The molecule has 17 heavy (non-hydrogen) atoms. The molecule has 2 aromatic rings. The van der Waals surface area contributed by atoms with Crippen LogP contribution < -0.4 is 5.32 Å². The number of nitrogens with zero attached hydrogens (tertiary/aromatic N) is 2. The molecule has 1 aliphatic rings. The summed E-state index contributed by atoms with van der Waals surface area (Å²) in [5.74, 6) is 0.459. The topological polar surface area (TPSA) is 70.7 Å². The predicted octanol–water partition coefficient (Wildman–Crippen LogP) is 2.30. The van der Waals surface area contributed by atoms with Gasteiger partial charge < -0.3 is 0 Å². The number of H-pyrrole nitrogens is 1. The van der Waals surface area contributed by atoms with Crippen LogP contribution in [-0.2, 0) is 0 Å². The number of carbonyl (C=O) groups excluding carboxylic acids is 1. The number of nitrogens with one attached hydrogen (secondary N) is 2. The van der Waals surface area contributed by atoms with E-state index < -0.39 is 0 Å². The number of anilines is 1. The normalized spacial score (nSPS) is 14.9. The third kappa shape index (κ3) is 2.08. The van der Waals surface area contributed by atoms with Gasteiger partial charge in [-0.05, 0) is 19.8 Å². The third-order valence-electron chi connectivity index (χ3n) is 2.81. The van der Waals surface area contributed by atoms with Gasteiger partial charge in [0, 0.05) is 17.0 Å². The summed E-state index contributed by atoms with van der Waals surface area (Å²) < 4.78 is 0. The zero-order chi connectivity index (χ0) is 11.8. The van der Waals surface area contributed by atoms with Crippen LogP contribution in [0, 0.1) is 6.92 Å². The average molecular weight is 248 g/mol. The number of rotatable bonds is 3. The Hall–Kier alpha value is -1.69. The highest BCUT2D eigenvalue weighted by molar-refractivity contribution is 7.14. The van der Waals surface area contributed by atoms with Crippen LogP contribution in [0.15, 0.2) is 11.6 Å². The molecule has 3 rings (SSSR count). The Kier molecular flexibility index (Phi) is 2.44. The molecule has 1 amide bonds. The quantitative estimate of drug-likeness (QED) is 0.875. The van der Waals surface area contributed by atoms with Crippen molar-refractivity contribution in [1.29, 1.82) is 0 Å². The van der Waals surface area contributed by atoms with E-state index in [0.717, 1.165) is 11.4 Å². The number of aromatic amines is 1. The molecule has 88 valence electrons. The fourth-order valence-corrected chi connectivity index (χ4v) is 2.44. The molecule has 2 heterocycles. The number of hydrogen-bond acceptors (Lipinski definition) is 4. The monoisotopic (exact) mass is 248 g/mol. The minimum atomic E-state index is -0.159. The molecule has 6 heteroatoms. The lowest BCUT2D eigenvalue weighted by molar-refractivity contribution is 0.102. The Balaban J connectivity index is 1.73. The standard InChI is InChI=1S/C11H12N4OS/c1-6-8(4-12-15-6)10(16)14-11-13-9(5-17-11)7-2-3-7/h4-5,7H,2-3H2,1H3,(H,12,15)(H,13,14,16). The van der Waals surface area contributed by atoms with Gasteiger partial charge in [-0.25, -0.2) is 4.98 Å². The van der Waals surface area contributed by atoms with Crippen LogP contribution in [0.1, 0.15) is 40.5 Å². The lowest BCUT2D eigenvalue weighted by Crippen LogP contribution is -2.12. The maximum absolute atomic E-state index is 11.9. The Morgan fingerprint density at radius 1 is 1.59 bits per heavy atom. The van der Waals surface area contributed by atoms with Gasteiger partial charge in [-0.1, -0.05) is 0 Å². The number of aromatic nitrogens is 3. The van der Waals surface area contributed by atoms with Crippen LogP contribution in [0.25, 0.3) is 0 Å². The lowest BCUT2D eigenvalue weighted by atomic mass is 10.2. The molecule has 0 aromatic carbocycles. The summed E-state index contributed by atoms with van der Waals surface area (Å²) in [5, 5.41) is 12.1. The summed E-state index contributed by atoms with van der Waals surface area (Å²) in [6.45, 7) is 1.82. The molecular formula is C11H12N4OS. The van der Waals surface area contributed by atoms with E-state index in [2.05, 4.69) is 20.5 Å². The van der Waals surface area contributed by atoms with Crippen molar-refractivity contribution >= 4 is 22.4 Å². The molecule has 0 saturated heterocycles. The van der Waals surface area contributed by atoms with Gasteiger partial charge in [-0.2, -0.15) is 5.10 Å². The second-order valence-corrected chi connectivity index (χ2v) is 5.07. The van der Waals surface area contributed by atoms with Crippen LogP contribution in [0.3, 0.4) is 0 Å². The molecule has 1 fully saturated rings. The Morgan fingerprint density at radius 2 is 2.41 bits per heavy atom. The van der Waals surface area contributed by atoms with E-state index in [1.807, 2.05) is 12.3 Å². The minimum Gasteiger partial charge on any atom is -0.298 e. The number of amides is 1. The molecule has 0 radical (unpaired) electrons. The van der Waals surface area contributed by atoms with Crippen LogP contribution >= 0.6 is 11.3 Å². The highest BCUT2D eigenvalue weighted by Crippen LogP contribution is 2.40. The van der Waals surface area contributed by atoms with Crippen LogP contribution in [0.5, 0.6) is 0 Å². The SMILES string of the molecule is Cc1[nH]ncc1C(=O)Nc1nc(C2CC2)cs1. The predicted molar refractivity (Wildman–Crippen MR) is 65.4 cm³/mol. The van der Waals surface area contributed by atoms with Crippen molar-refractivity contribution in [3.63, 3.8) is 0 Å². The molecule has 0 aliphatic heterocycles. The first kappa shape index (κ1) is 10.5. The molecule has 2 N–H and O–H groups in total. The summed E-state index contributed by atoms with van der Waals surface area (Å²) in [4.78, 5) is 16.3. The third-order valence-corrected chi connectivity index (χ3v) is 3.59. The first-order chi connectivity index (χ1) is 8.24. The van der Waals surface area contributed by atoms with Gasteiger partial charge in [0.15, 0.2) is 5.13 Å². The van der Waals surface area contributed by atoms with Crippen molar-refractivity contribution in [3.8, 4) is 0 Å². The average Bonchev–Trinajstić information content (AvgIpc) is 2.90. The van der Waals surface area contributed by atoms with E-state index >= 15 is 0 Å². The fraction of sp³-hybridized carbons (Fsp3) is 0.364. The highest BCUT2D eigenvalue weighted by atomic mass is 32.1. The van der Waals surface area contributed by atoms with Crippen molar-refractivity contribution in [2.24, 2.45) is 0 Å². The zero-order valence-electron chi connectivity index (χ0n) is 9.36. The van der Waals surface area contributed by atoms with Crippen molar-refractivity contribution < 1.29 is 4.79 Å². The fourth-order valence-electron chi connectivity index (χ4n) is 1.65. The molecule has 2 aromatic heterocycles. The maximum Gasteiger partial charge on any atom is 0.260 e. The summed E-state index contributed by atoms with van der Waals surface area (Å²) >= 11 is 1.48. The van der Waals surface area contributed by atoms with E-state index in [1.165, 1.54) is 30.4 Å². The van der Waals surface area contributed by atoms with Gasteiger partial charge in [0.1, 0.15) is 0 Å². The summed E-state index contributed by atoms with van der Waals surface area (Å²) in [5.41, 5.74) is 2.43. The lowest BCUT2D eigenvalue weighted by Gasteiger charge is -1.99. The second-order valence-electron chi connectivity index (χ2n) is 4.21. The van der Waals surface area contributed by atoms with E-state index in [1.54, 1.807) is 0 Å². The number of thiazole rings is 1. The van der Waals surface area contributed by atoms with E-state index in [-0.39, 0.29) is 5.91 Å². The maximum atomic E-state index is 11.9. The van der Waals surface area contributed by atoms with Crippen molar-refractivity contribution in [1.82, 2.24) is 15.2 Å². The molecule has 1 saturated carbocycles. The molecule has 0 atom stereocenters. The molecule has 0 unspecified atom stereocenters. The largest absolute Gasteiger partial charge is 0.298 e. The molecule has 5 nitrogen and oxygen atoms in total. The Morgan fingerprint density at radius 3 is 3.06 bits per heavy atom. The Labute approximate surface area is 102 Å². The minimum absolute atomic E-state index is 0.159. The van der Waals surface area contributed by atoms with E-state index in [0.29, 0.717) is 16.6 Å². The summed E-state index contributed by atoms with van der Waals surface area (Å²) in [6.07, 6.45) is 3.97.